The molecule has 1 atom stereocenters. The van der Waals surface area contributed by atoms with Crippen LogP contribution in [0.1, 0.15) is 55.1 Å². The Morgan fingerprint density at radius 2 is 1.96 bits per heavy atom. The maximum Gasteiger partial charge on any atom is 0.335 e. The van der Waals surface area contributed by atoms with Gasteiger partial charge in [-0.2, -0.15) is 0 Å². The number of ketones is 1. The van der Waals surface area contributed by atoms with Gasteiger partial charge in [-0.25, -0.2) is 4.79 Å². The van der Waals surface area contributed by atoms with Gasteiger partial charge in [0.05, 0.1) is 5.56 Å². The van der Waals surface area contributed by atoms with Crippen molar-refractivity contribution in [2.24, 2.45) is 5.41 Å². The zero-order chi connectivity index (χ0) is 17.9. The van der Waals surface area contributed by atoms with Crippen molar-refractivity contribution in [1.29, 1.82) is 0 Å². The van der Waals surface area contributed by atoms with Crippen LogP contribution in [-0.4, -0.2) is 36.0 Å². The van der Waals surface area contributed by atoms with Gasteiger partial charge in [-0.1, -0.05) is 32.9 Å². The summed E-state index contributed by atoms with van der Waals surface area (Å²) in [6.07, 6.45) is 1.73. The molecule has 1 heterocycles. The summed E-state index contributed by atoms with van der Waals surface area (Å²) in [6.45, 7) is 5.56. The number of Topliss-reactive ketones (excluding diaryl/α,β-unsaturated/α-hetero) is 1. The summed E-state index contributed by atoms with van der Waals surface area (Å²) in [5, 5.41) is 12.2. The second-order valence-corrected chi connectivity index (χ2v) is 7.43. The van der Waals surface area contributed by atoms with Gasteiger partial charge in [0.25, 0.3) is 0 Å². The number of nitrogens with one attached hydrogen (secondary N) is 1. The lowest BCUT2D eigenvalue weighted by Gasteiger charge is -2.26. The van der Waals surface area contributed by atoms with E-state index in [1.807, 2.05) is 26.8 Å². The molecule has 0 aliphatic carbocycles. The highest BCUT2D eigenvalue weighted by molar-refractivity contribution is 6.38. The van der Waals surface area contributed by atoms with E-state index in [-0.39, 0.29) is 30.5 Å². The molecule has 0 spiro atoms. The molecular weight excluding hydrogens is 305 g/mol. The quantitative estimate of drug-likeness (QED) is 0.806. The zero-order valence-corrected chi connectivity index (χ0v) is 14.5. The fourth-order valence-corrected chi connectivity index (χ4v) is 3.03. The molecule has 0 aromatic heterocycles. The molecule has 0 saturated carbocycles. The number of rotatable bonds is 5. The SMILES string of the molecule is CC(C)(C)C(=O)CCC(=O)NC1BCc2c(cccc2C(=O)O)C1. The van der Waals surface area contributed by atoms with Gasteiger partial charge >= 0.3 is 5.97 Å². The summed E-state index contributed by atoms with van der Waals surface area (Å²) in [5.41, 5.74) is 1.79. The van der Waals surface area contributed by atoms with Crippen molar-refractivity contribution in [2.75, 3.05) is 0 Å². The highest BCUT2D eigenvalue weighted by Gasteiger charge is 2.26. The lowest BCUT2D eigenvalue weighted by molar-refractivity contribution is -0.129. The second kappa shape index (κ2) is 7.20. The molecule has 6 heteroatoms. The summed E-state index contributed by atoms with van der Waals surface area (Å²) in [7, 11) is 0.719. The number of fused-ring (bicyclic) bond motifs is 1. The van der Waals surface area contributed by atoms with Gasteiger partial charge in [0.1, 0.15) is 5.78 Å². The third kappa shape index (κ3) is 4.46. The number of carbonyl (C=O) groups excluding carboxylic acids is 2. The van der Waals surface area contributed by atoms with Gasteiger partial charge in [-0.3, -0.25) is 9.59 Å². The molecule has 0 radical (unpaired) electrons. The fourth-order valence-electron chi connectivity index (χ4n) is 3.03. The number of amides is 1. The molecule has 0 fully saturated rings. The summed E-state index contributed by atoms with van der Waals surface area (Å²) in [5.74, 6) is -0.943. The number of benzene rings is 1. The fraction of sp³-hybridized carbons (Fsp3) is 0.500. The topological polar surface area (TPSA) is 83.5 Å². The van der Waals surface area contributed by atoms with E-state index in [0.717, 1.165) is 18.4 Å². The number of aromatic carboxylic acids is 1. The van der Waals surface area contributed by atoms with Crippen LogP contribution in [0.15, 0.2) is 18.2 Å². The number of carboxylic acids is 1. The molecule has 0 bridgehead atoms. The maximum atomic E-state index is 12.1. The molecule has 0 saturated heterocycles. The minimum Gasteiger partial charge on any atom is -0.478 e. The Balaban J connectivity index is 1.92. The molecule has 1 aliphatic rings. The van der Waals surface area contributed by atoms with E-state index in [0.29, 0.717) is 18.3 Å². The Morgan fingerprint density at radius 3 is 2.58 bits per heavy atom. The Morgan fingerprint density at radius 1 is 1.25 bits per heavy atom. The largest absolute Gasteiger partial charge is 0.478 e. The van der Waals surface area contributed by atoms with Crippen molar-refractivity contribution in [2.45, 2.75) is 52.3 Å². The normalized spacial score (nSPS) is 16.7. The molecule has 1 aromatic rings. The van der Waals surface area contributed by atoms with E-state index in [1.165, 1.54) is 0 Å². The molecule has 1 aromatic carbocycles. The van der Waals surface area contributed by atoms with Crippen molar-refractivity contribution in [3.8, 4) is 0 Å². The predicted molar refractivity (Wildman–Crippen MR) is 93.6 cm³/mol. The van der Waals surface area contributed by atoms with Crippen molar-refractivity contribution in [1.82, 2.24) is 5.32 Å². The van der Waals surface area contributed by atoms with Crippen LogP contribution in [0.25, 0.3) is 0 Å². The average Bonchev–Trinajstić information content (AvgIpc) is 2.50. The number of carboxylic acid groups (broad SMARTS) is 1. The van der Waals surface area contributed by atoms with Crippen molar-refractivity contribution in [3.63, 3.8) is 0 Å². The molecule has 1 aliphatic heterocycles. The standard InChI is InChI=1S/C18H24BNO4/c1-18(2,3)14(21)7-8-16(22)20-15-9-11-5-4-6-12(17(23)24)13(11)10-19-15/h4-6,15,19H,7-10H2,1-3H3,(H,20,22)(H,23,24). The summed E-state index contributed by atoms with van der Waals surface area (Å²) >= 11 is 0. The average molecular weight is 329 g/mol. The first-order valence-corrected chi connectivity index (χ1v) is 8.35. The molecule has 2 rings (SSSR count). The number of hydrogen-bond donors (Lipinski definition) is 2. The molecule has 2 N–H and O–H groups in total. The highest BCUT2D eigenvalue weighted by Crippen LogP contribution is 2.22. The van der Waals surface area contributed by atoms with Crippen molar-refractivity contribution in [3.05, 3.63) is 34.9 Å². The Kier molecular flexibility index (Phi) is 5.47. The lowest BCUT2D eigenvalue weighted by atomic mass is 9.57. The first-order valence-electron chi connectivity index (χ1n) is 8.35. The molecule has 5 nitrogen and oxygen atoms in total. The van der Waals surface area contributed by atoms with Crippen LogP contribution in [0.4, 0.5) is 0 Å². The van der Waals surface area contributed by atoms with E-state index >= 15 is 0 Å². The van der Waals surface area contributed by atoms with Gasteiger partial charge < -0.3 is 10.4 Å². The minimum absolute atomic E-state index is 0.00113. The summed E-state index contributed by atoms with van der Waals surface area (Å²) < 4.78 is 0. The second-order valence-electron chi connectivity index (χ2n) is 7.43. The highest BCUT2D eigenvalue weighted by atomic mass is 16.4. The van der Waals surface area contributed by atoms with Crippen LogP contribution in [0.2, 0.25) is 0 Å². The lowest BCUT2D eigenvalue weighted by Crippen LogP contribution is -2.44. The van der Waals surface area contributed by atoms with Gasteiger partial charge in [0.15, 0.2) is 7.28 Å². The third-order valence-electron chi connectivity index (χ3n) is 4.49. The van der Waals surface area contributed by atoms with Gasteiger partial charge in [-0.05, 0) is 29.9 Å². The van der Waals surface area contributed by atoms with Crippen LogP contribution in [0.5, 0.6) is 0 Å². The molecule has 24 heavy (non-hydrogen) atoms. The van der Waals surface area contributed by atoms with Crippen molar-refractivity contribution >= 4 is 24.9 Å². The Bertz CT molecular complexity index is 663. The summed E-state index contributed by atoms with van der Waals surface area (Å²) in [4.78, 5) is 35.2. The van der Waals surface area contributed by atoms with Crippen LogP contribution in [-0.2, 0) is 22.3 Å². The molecular formula is C18H24BNO4. The van der Waals surface area contributed by atoms with E-state index < -0.39 is 11.4 Å². The first-order chi connectivity index (χ1) is 11.2. The maximum absolute atomic E-state index is 12.1. The van der Waals surface area contributed by atoms with E-state index in [4.69, 9.17) is 0 Å². The first kappa shape index (κ1) is 18.2. The smallest absolute Gasteiger partial charge is 0.335 e. The number of carbonyl (C=O) groups is 3. The monoisotopic (exact) mass is 329 g/mol. The molecule has 1 amide bonds. The molecule has 128 valence electrons. The van der Waals surface area contributed by atoms with Crippen LogP contribution in [0, 0.1) is 5.41 Å². The Labute approximate surface area is 143 Å². The number of hydrogen-bond acceptors (Lipinski definition) is 3. The van der Waals surface area contributed by atoms with Crippen LogP contribution < -0.4 is 5.32 Å². The molecule has 1 unspecified atom stereocenters. The summed E-state index contributed by atoms with van der Waals surface area (Å²) in [6, 6.07) is 5.29. The predicted octanol–water partition coefficient (Wildman–Crippen LogP) is 1.72. The zero-order valence-electron chi connectivity index (χ0n) is 14.5. The van der Waals surface area contributed by atoms with E-state index in [2.05, 4.69) is 5.32 Å². The van der Waals surface area contributed by atoms with E-state index in [1.54, 1.807) is 12.1 Å². The third-order valence-corrected chi connectivity index (χ3v) is 4.49. The van der Waals surface area contributed by atoms with Crippen LogP contribution >= 0.6 is 0 Å². The van der Waals surface area contributed by atoms with Gasteiger partial charge in [0, 0.05) is 24.2 Å². The van der Waals surface area contributed by atoms with E-state index in [9.17, 15) is 19.5 Å². The van der Waals surface area contributed by atoms with Crippen molar-refractivity contribution < 1.29 is 19.5 Å². The Hall–Kier alpha value is -2.11. The van der Waals surface area contributed by atoms with Crippen LogP contribution in [0.3, 0.4) is 0 Å². The van der Waals surface area contributed by atoms with Gasteiger partial charge in [0.2, 0.25) is 5.91 Å². The minimum atomic E-state index is -0.907. The van der Waals surface area contributed by atoms with Gasteiger partial charge in [-0.15, -0.1) is 0 Å².